The van der Waals surface area contributed by atoms with Crippen molar-refractivity contribution in [3.63, 3.8) is 0 Å². The molecule has 1 aromatic rings. The third-order valence-corrected chi connectivity index (χ3v) is 3.86. The molecule has 2 aliphatic rings. The van der Waals surface area contributed by atoms with E-state index in [4.69, 9.17) is 5.41 Å². The summed E-state index contributed by atoms with van der Waals surface area (Å²) in [6, 6.07) is 7.98. The molecule has 102 valence electrons. The molecule has 1 amide bonds. The van der Waals surface area contributed by atoms with Gasteiger partial charge in [0.25, 0.3) is 0 Å². The van der Waals surface area contributed by atoms with Crippen LogP contribution in [0.3, 0.4) is 0 Å². The van der Waals surface area contributed by atoms with Crippen LogP contribution in [0.1, 0.15) is 18.9 Å². The molecule has 1 aliphatic heterocycles. The van der Waals surface area contributed by atoms with Crippen LogP contribution in [0.5, 0.6) is 0 Å². The number of para-hydroxylation sites is 1. The van der Waals surface area contributed by atoms with Crippen LogP contribution in [0.2, 0.25) is 0 Å². The Labute approximate surface area is 118 Å². The smallest absolute Gasteiger partial charge is 0.220 e. The minimum atomic E-state index is -0.0656. The van der Waals surface area contributed by atoms with E-state index in [9.17, 15) is 4.79 Å². The van der Waals surface area contributed by atoms with Crippen LogP contribution in [0.15, 0.2) is 47.8 Å². The Hall–Kier alpha value is -2.36. The van der Waals surface area contributed by atoms with Gasteiger partial charge in [-0.25, -0.2) is 0 Å². The molecule has 4 nitrogen and oxygen atoms in total. The van der Waals surface area contributed by atoms with Gasteiger partial charge in [0.1, 0.15) is 0 Å². The highest BCUT2D eigenvalue weighted by Gasteiger charge is 2.33. The lowest BCUT2D eigenvalue weighted by molar-refractivity contribution is -0.118. The van der Waals surface area contributed by atoms with Crippen molar-refractivity contribution in [1.29, 1.82) is 5.41 Å². The van der Waals surface area contributed by atoms with Gasteiger partial charge in [0.2, 0.25) is 5.91 Å². The van der Waals surface area contributed by atoms with Gasteiger partial charge < -0.3 is 15.6 Å². The van der Waals surface area contributed by atoms with Crippen molar-refractivity contribution in [3.8, 4) is 0 Å². The summed E-state index contributed by atoms with van der Waals surface area (Å²) in [6.45, 7) is 1.51. The lowest BCUT2D eigenvalue weighted by atomic mass is 9.82. The zero-order valence-electron chi connectivity index (χ0n) is 11.6. The number of anilines is 1. The molecule has 1 unspecified atom stereocenters. The third-order valence-electron chi connectivity index (χ3n) is 3.86. The number of rotatable bonds is 1. The summed E-state index contributed by atoms with van der Waals surface area (Å²) in [5, 5.41) is 11.3. The summed E-state index contributed by atoms with van der Waals surface area (Å²) < 4.78 is 0. The number of nitrogens with one attached hydrogen (secondary N) is 2. The second kappa shape index (κ2) is 4.63. The molecule has 0 saturated heterocycles. The highest BCUT2D eigenvalue weighted by molar-refractivity contribution is 6.09. The molecule has 0 aromatic heterocycles. The van der Waals surface area contributed by atoms with Gasteiger partial charge in [-0.1, -0.05) is 18.2 Å². The van der Waals surface area contributed by atoms with Crippen LogP contribution < -0.4 is 10.2 Å². The van der Waals surface area contributed by atoms with Crippen LogP contribution in [0.4, 0.5) is 5.69 Å². The Bertz CT molecular complexity index is 657. The van der Waals surface area contributed by atoms with E-state index >= 15 is 0 Å². The predicted octanol–water partition coefficient (Wildman–Crippen LogP) is 2.43. The fraction of sp³-hybridized carbons (Fsp3) is 0.250. The lowest BCUT2D eigenvalue weighted by Crippen LogP contribution is -2.37. The van der Waals surface area contributed by atoms with Gasteiger partial charge >= 0.3 is 0 Å². The quantitative estimate of drug-likeness (QED) is 0.821. The minimum absolute atomic E-state index is 0.0155. The fourth-order valence-corrected chi connectivity index (χ4v) is 2.93. The first kappa shape index (κ1) is 12.7. The Morgan fingerprint density at radius 1 is 1.35 bits per heavy atom. The SMILES string of the molecule is CC(=O)NC1=CC=C2C(C1)C(=N)c1ccccc1N2C. The van der Waals surface area contributed by atoms with E-state index in [0.717, 1.165) is 22.6 Å². The van der Waals surface area contributed by atoms with E-state index < -0.39 is 0 Å². The molecular weight excluding hydrogens is 250 g/mol. The number of amides is 1. The number of benzene rings is 1. The summed E-state index contributed by atoms with van der Waals surface area (Å²) in [5.41, 5.74) is 4.66. The Morgan fingerprint density at radius 2 is 2.10 bits per heavy atom. The maximum atomic E-state index is 11.2. The molecule has 0 radical (unpaired) electrons. The zero-order chi connectivity index (χ0) is 14.3. The first-order valence-electron chi connectivity index (χ1n) is 6.68. The normalized spacial score (nSPS) is 20.6. The van der Waals surface area contributed by atoms with Crippen LogP contribution in [0, 0.1) is 11.3 Å². The van der Waals surface area contributed by atoms with Crippen molar-refractivity contribution in [3.05, 3.63) is 53.4 Å². The highest BCUT2D eigenvalue weighted by atomic mass is 16.1. The second-order valence-corrected chi connectivity index (χ2v) is 5.21. The topological polar surface area (TPSA) is 56.2 Å². The summed E-state index contributed by atoms with van der Waals surface area (Å²) in [7, 11) is 2.03. The molecule has 20 heavy (non-hydrogen) atoms. The van der Waals surface area contributed by atoms with Crippen molar-refractivity contribution in [1.82, 2.24) is 5.32 Å². The number of fused-ring (bicyclic) bond motifs is 2. The first-order chi connectivity index (χ1) is 9.58. The number of hydrogen-bond acceptors (Lipinski definition) is 3. The van der Waals surface area contributed by atoms with Crippen LogP contribution >= 0.6 is 0 Å². The van der Waals surface area contributed by atoms with Crippen molar-refractivity contribution >= 4 is 17.3 Å². The molecule has 1 aromatic carbocycles. The van der Waals surface area contributed by atoms with Crippen molar-refractivity contribution < 1.29 is 4.79 Å². The summed E-state index contributed by atoms with van der Waals surface area (Å²) >= 11 is 0. The molecule has 4 heteroatoms. The van der Waals surface area contributed by atoms with Gasteiger partial charge in [-0.3, -0.25) is 4.79 Å². The molecule has 0 saturated carbocycles. The zero-order valence-corrected chi connectivity index (χ0v) is 11.6. The molecule has 1 heterocycles. The van der Waals surface area contributed by atoms with Crippen LogP contribution in [-0.2, 0) is 4.79 Å². The Morgan fingerprint density at radius 3 is 2.85 bits per heavy atom. The summed E-state index contributed by atoms with van der Waals surface area (Å²) in [5.74, 6) is -0.0501. The molecule has 1 atom stereocenters. The Balaban J connectivity index is 2.02. The Kier molecular flexibility index (Phi) is 2.93. The van der Waals surface area contributed by atoms with Crippen molar-refractivity contribution in [2.24, 2.45) is 5.92 Å². The van der Waals surface area contributed by atoms with E-state index in [1.165, 1.54) is 6.92 Å². The summed E-state index contributed by atoms with van der Waals surface area (Å²) in [4.78, 5) is 13.3. The van der Waals surface area contributed by atoms with Crippen LogP contribution in [-0.4, -0.2) is 18.7 Å². The number of hydrogen-bond donors (Lipinski definition) is 2. The average Bonchev–Trinajstić information content (AvgIpc) is 2.44. The van der Waals surface area contributed by atoms with E-state index in [0.29, 0.717) is 12.1 Å². The van der Waals surface area contributed by atoms with Gasteiger partial charge in [-0.2, -0.15) is 0 Å². The monoisotopic (exact) mass is 267 g/mol. The number of carbonyl (C=O) groups is 1. The van der Waals surface area contributed by atoms with E-state index in [1.54, 1.807) is 0 Å². The standard InChI is InChI=1S/C16H17N3O/c1-10(20)18-11-7-8-15-13(9-11)16(17)12-5-3-4-6-14(12)19(15)2/h3-8,13,17H,9H2,1-2H3,(H,18,20). The number of nitrogens with zero attached hydrogens (tertiary/aromatic N) is 1. The number of carbonyl (C=O) groups excluding carboxylic acids is 1. The molecule has 0 bridgehead atoms. The van der Waals surface area contributed by atoms with Gasteiger partial charge in [0.15, 0.2) is 0 Å². The molecule has 0 fully saturated rings. The largest absolute Gasteiger partial charge is 0.347 e. The molecule has 0 spiro atoms. The maximum absolute atomic E-state index is 11.2. The molecule has 3 rings (SSSR count). The number of allylic oxidation sites excluding steroid dienone is 4. The van der Waals surface area contributed by atoms with Gasteiger partial charge in [0.05, 0.1) is 5.71 Å². The lowest BCUT2D eigenvalue weighted by Gasteiger charge is -2.38. The van der Waals surface area contributed by atoms with E-state index in [2.05, 4.69) is 10.2 Å². The van der Waals surface area contributed by atoms with Gasteiger partial charge in [0, 0.05) is 49.0 Å². The second-order valence-electron chi connectivity index (χ2n) is 5.21. The van der Waals surface area contributed by atoms with Crippen LogP contribution in [0.25, 0.3) is 0 Å². The predicted molar refractivity (Wildman–Crippen MR) is 79.8 cm³/mol. The first-order valence-corrected chi connectivity index (χ1v) is 6.68. The van der Waals surface area contributed by atoms with E-state index in [-0.39, 0.29) is 11.8 Å². The van der Waals surface area contributed by atoms with Crippen molar-refractivity contribution in [2.75, 3.05) is 11.9 Å². The molecule has 1 aliphatic carbocycles. The average molecular weight is 267 g/mol. The van der Waals surface area contributed by atoms with Crippen molar-refractivity contribution in [2.45, 2.75) is 13.3 Å². The molecular formula is C16H17N3O. The summed E-state index contributed by atoms with van der Waals surface area (Å²) in [6.07, 6.45) is 4.61. The minimum Gasteiger partial charge on any atom is -0.347 e. The fourth-order valence-electron chi connectivity index (χ4n) is 2.93. The third kappa shape index (κ3) is 1.93. The molecule has 2 N–H and O–H groups in total. The maximum Gasteiger partial charge on any atom is 0.220 e. The van der Waals surface area contributed by atoms with Gasteiger partial charge in [-0.05, 0) is 18.2 Å². The van der Waals surface area contributed by atoms with E-state index in [1.807, 2.05) is 43.5 Å². The van der Waals surface area contributed by atoms with Gasteiger partial charge in [-0.15, -0.1) is 0 Å². The highest BCUT2D eigenvalue weighted by Crippen LogP contribution is 2.39.